The van der Waals surface area contributed by atoms with Crippen molar-refractivity contribution in [3.8, 4) is 0 Å². The molecule has 0 amide bonds. The highest BCUT2D eigenvalue weighted by atomic mass is 15.0. The van der Waals surface area contributed by atoms with E-state index in [1.54, 1.807) is 0 Å². The molecule has 3 rings (SSSR count). The van der Waals surface area contributed by atoms with E-state index in [4.69, 9.17) is 0 Å². The number of rotatable bonds is 3. The Morgan fingerprint density at radius 2 is 1.89 bits per heavy atom. The van der Waals surface area contributed by atoms with Crippen molar-refractivity contribution in [1.82, 2.24) is 9.55 Å². The molecule has 2 nitrogen and oxygen atoms in total. The average Bonchev–Trinajstić information content (AvgIpc) is 2.78. The van der Waals surface area contributed by atoms with E-state index in [0.717, 1.165) is 18.6 Å². The van der Waals surface area contributed by atoms with Gasteiger partial charge in [-0.25, -0.2) is 4.98 Å². The third-order valence-electron chi connectivity index (χ3n) is 3.29. The van der Waals surface area contributed by atoms with E-state index < -0.39 is 0 Å². The van der Waals surface area contributed by atoms with Crippen molar-refractivity contribution in [2.45, 2.75) is 19.9 Å². The number of aryl methyl sites for hydroxylation is 1. The number of nitrogens with zero attached hydrogens (tertiary/aromatic N) is 2. The first-order valence-corrected chi connectivity index (χ1v) is 6.35. The zero-order valence-corrected chi connectivity index (χ0v) is 10.5. The van der Waals surface area contributed by atoms with Crippen molar-refractivity contribution in [2.75, 3.05) is 0 Å². The van der Waals surface area contributed by atoms with Crippen LogP contribution in [-0.2, 0) is 13.0 Å². The fourth-order valence-electron chi connectivity index (χ4n) is 2.38. The number of pyridine rings is 1. The molecular formula is C16H16N2. The van der Waals surface area contributed by atoms with Crippen molar-refractivity contribution in [3.63, 3.8) is 0 Å². The lowest BCUT2D eigenvalue weighted by Gasteiger charge is -2.04. The van der Waals surface area contributed by atoms with Crippen molar-refractivity contribution in [2.24, 2.45) is 0 Å². The largest absolute Gasteiger partial charge is 0.328 e. The van der Waals surface area contributed by atoms with Crippen molar-refractivity contribution in [1.29, 1.82) is 0 Å². The van der Waals surface area contributed by atoms with Gasteiger partial charge in [0.25, 0.3) is 0 Å². The smallest absolute Gasteiger partial charge is 0.140 e. The molecule has 0 radical (unpaired) electrons. The van der Waals surface area contributed by atoms with E-state index in [9.17, 15) is 0 Å². The molecule has 2 heteroatoms. The molecule has 2 heterocycles. The number of fused-ring (bicyclic) bond motifs is 1. The lowest BCUT2D eigenvalue weighted by molar-refractivity contribution is 0.820. The Labute approximate surface area is 107 Å². The molecule has 0 aliphatic heterocycles. The standard InChI is InChI=1S/C16H16N2/c1-2-14-12-18(11-13-7-4-3-5-8-13)16-15(14)9-6-10-17-16/h3-10,12H,2,11H2,1H3. The average molecular weight is 236 g/mol. The Hall–Kier alpha value is -2.09. The van der Waals surface area contributed by atoms with E-state index >= 15 is 0 Å². The summed E-state index contributed by atoms with van der Waals surface area (Å²) in [5.74, 6) is 0. The van der Waals surface area contributed by atoms with E-state index in [1.165, 1.54) is 16.5 Å². The Balaban J connectivity index is 2.07. The van der Waals surface area contributed by atoms with Crippen LogP contribution in [0, 0.1) is 0 Å². The summed E-state index contributed by atoms with van der Waals surface area (Å²) in [6.07, 6.45) is 5.14. The Morgan fingerprint density at radius 3 is 2.67 bits per heavy atom. The fraction of sp³-hybridized carbons (Fsp3) is 0.188. The molecule has 1 aromatic carbocycles. The lowest BCUT2D eigenvalue weighted by Crippen LogP contribution is -1.98. The SMILES string of the molecule is CCc1cn(Cc2ccccc2)c2ncccc12. The molecule has 0 atom stereocenters. The molecule has 0 saturated heterocycles. The lowest BCUT2D eigenvalue weighted by atomic mass is 10.2. The molecule has 90 valence electrons. The number of hydrogen-bond donors (Lipinski definition) is 0. The van der Waals surface area contributed by atoms with Gasteiger partial charge in [0.1, 0.15) is 5.65 Å². The zero-order valence-electron chi connectivity index (χ0n) is 10.5. The van der Waals surface area contributed by atoms with Crippen LogP contribution in [0.3, 0.4) is 0 Å². The maximum Gasteiger partial charge on any atom is 0.140 e. The summed E-state index contributed by atoms with van der Waals surface area (Å²) in [6.45, 7) is 3.07. The minimum atomic E-state index is 0.883. The summed E-state index contributed by atoms with van der Waals surface area (Å²) in [4.78, 5) is 4.51. The van der Waals surface area contributed by atoms with Gasteiger partial charge in [0.15, 0.2) is 0 Å². The molecule has 3 aromatic rings. The summed E-state index contributed by atoms with van der Waals surface area (Å²) in [6, 6.07) is 14.7. The highest BCUT2D eigenvalue weighted by molar-refractivity contribution is 5.80. The van der Waals surface area contributed by atoms with Crippen LogP contribution < -0.4 is 0 Å². The van der Waals surface area contributed by atoms with Crippen LogP contribution in [0.25, 0.3) is 11.0 Å². The number of aromatic nitrogens is 2. The summed E-state index contributed by atoms with van der Waals surface area (Å²) in [5, 5.41) is 1.27. The second-order valence-electron chi connectivity index (χ2n) is 4.50. The topological polar surface area (TPSA) is 17.8 Å². The monoisotopic (exact) mass is 236 g/mol. The quantitative estimate of drug-likeness (QED) is 0.678. The molecule has 2 aromatic heterocycles. The molecule has 0 N–H and O–H groups in total. The number of hydrogen-bond acceptors (Lipinski definition) is 1. The predicted octanol–water partition coefficient (Wildman–Crippen LogP) is 3.65. The highest BCUT2D eigenvalue weighted by Gasteiger charge is 2.07. The third-order valence-corrected chi connectivity index (χ3v) is 3.29. The summed E-state index contributed by atoms with van der Waals surface area (Å²) in [7, 11) is 0. The van der Waals surface area contributed by atoms with Gasteiger partial charge in [-0.05, 0) is 29.7 Å². The van der Waals surface area contributed by atoms with Crippen LogP contribution >= 0.6 is 0 Å². The predicted molar refractivity (Wildman–Crippen MR) is 74.7 cm³/mol. The first-order valence-electron chi connectivity index (χ1n) is 6.35. The fourth-order valence-corrected chi connectivity index (χ4v) is 2.38. The van der Waals surface area contributed by atoms with Crippen LogP contribution in [0.15, 0.2) is 54.9 Å². The van der Waals surface area contributed by atoms with E-state index in [0.29, 0.717) is 0 Å². The van der Waals surface area contributed by atoms with Gasteiger partial charge in [0.2, 0.25) is 0 Å². The van der Waals surface area contributed by atoms with E-state index in [-0.39, 0.29) is 0 Å². The Morgan fingerprint density at radius 1 is 1.06 bits per heavy atom. The maximum atomic E-state index is 4.51. The summed E-state index contributed by atoms with van der Waals surface area (Å²) >= 11 is 0. The second-order valence-corrected chi connectivity index (χ2v) is 4.50. The van der Waals surface area contributed by atoms with Crippen molar-refractivity contribution >= 4 is 11.0 Å². The van der Waals surface area contributed by atoms with Crippen LogP contribution in [-0.4, -0.2) is 9.55 Å². The summed E-state index contributed by atoms with van der Waals surface area (Å²) in [5.41, 5.74) is 3.76. The van der Waals surface area contributed by atoms with Crippen LogP contribution in [0.2, 0.25) is 0 Å². The number of benzene rings is 1. The van der Waals surface area contributed by atoms with Gasteiger partial charge in [-0.2, -0.15) is 0 Å². The van der Waals surface area contributed by atoms with Gasteiger partial charge >= 0.3 is 0 Å². The first-order chi connectivity index (χ1) is 8.88. The molecule has 0 aliphatic rings. The van der Waals surface area contributed by atoms with E-state index in [2.05, 4.69) is 53.0 Å². The normalized spacial score (nSPS) is 10.9. The molecule has 18 heavy (non-hydrogen) atoms. The van der Waals surface area contributed by atoms with Crippen molar-refractivity contribution < 1.29 is 0 Å². The zero-order chi connectivity index (χ0) is 12.4. The molecule has 0 saturated carbocycles. The first kappa shape index (κ1) is 11.0. The minimum absolute atomic E-state index is 0.883. The van der Waals surface area contributed by atoms with Crippen LogP contribution in [0.5, 0.6) is 0 Å². The van der Waals surface area contributed by atoms with E-state index in [1.807, 2.05) is 18.3 Å². The van der Waals surface area contributed by atoms with Crippen molar-refractivity contribution in [3.05, 3.63) is 66.0 Å². The van der Waals surface area contributed by atoms with Crippen LogP contribution in [0.1, 0.15) is 18.1 Å². The molecule has 0 fully saturated rings. The Kier molecular flexibility index (Phi) is 2.85. The molecule has 0 aliphatic carbocycles. The van der Waals surface area contributed by atoms with Gasteiger partial charge in [-0.15, -0.1) is 0 Å². The summed E-state index contributed by atoms with van der Waals surface area (Å²) < 4.78 is 2.24. The van der Waals surface area contributed by atoms with Gasteiger partial charge in [0.05, 0.1) is 0 Å². The highest BCUT2D eigenvalue weighted by Crippen LogP contribution is 2.20. The molecule has 0 unspecified atom stereocenters. The van der Waals surface area contributed by atoms with Gasteiger partial charge in [0, 0.05) is 24.3 Å². The van der Waals surface area contributed by atoms with Gasteiger partial charge in [-0.1, -0.05) is 37.3 Å². The molecular weight excluding hydrogens is 220 g/mol. The van der Waals surface area contributed by atoms with Crippen LogP contribution in [0.4, 0.5) is 0 Å². The second kappa shape index (κ2) is 4.65. The third kappa shape index (κ3) is 1.90. The molecule has 0 spiro atoms. The van der Waals surface area contributed by atoms with Gasteiger partial charge in [-0.3, -0.25) is 0 Å². The minimum Gasteiger partial charge on any atom is -0.328 e. The maximum absolute atomic E-state index is 4.51. The Bertz CT molecular complexity index is 653. The van der Waals surface area contributed by atoms with Gasteiger partial charge < -0.3 is 4.57 Å². The molecule has 0 bridgehead atoms.